The Morgan fingerprint density at radius 3 is 2.78 bits per heavy atom. The largest absolute Gasteiger partial charge is 0.480 e. The molecule has 3 aliphatic rings. The molecule has 0 aromatic heterocycles. The van der Waals surface area contributed by atoms with Crippen LogP contribution in [0, 0.1) is 0 Å². The Hall–Kier alpha value is -0.220. The second-order valence-electron chi connectivity index (χ2n) is 2.54. The fraction of sp³-hybridized carbons (Fsp3) is 0.800. The van der Waals surface area contributed by atoms with E-state index < -0.39 is 11.5 Å². The van der Waals surface area contributed by atoms with E-state index >= 15 is 0 Å². The highest BCUT2D eigenvalue weighted by Crippen LogP contribution is 2.43. The lowest BCUT2D eigenvalue weighted by Gasteiger charge is -2.34. The summed E-state index contributed by atoms with van der Waals surface area (Å²) >= 11 is 1.71. The van der Waals surface area contributed by atoms with E-state index in [-0.39, 0.29) is 0 Å². The average Bonchev–Trinajstić information content (AvgIpc) is 2.13. The monoisotopic (exact) mass is 145 g/mol. The molecule has 0 saturated carbocycles. The molecule has 0 radical (unpaired) electrons. The number of rotatable bonds is 1. The molecule has 3 saturated heterocycles. The molecule has 4 heteroatoms. The van der Waals surface area contributed by atoms with Crippen LogP contribution in [-0.4, -0.2) is 27.7 Å². The molecule has 2 bridgehead atoms. The van der Waals surface area contributed by atoms with Gasteiger partial charge in [0.15, 0.2) is 0 Å². The van der Waals surface area contributed by atoms with Crippen molar-refractivity contribution in [2.45, 2.75) is 17.3 Å². The minimum Gasteiger partial charge on any atom is -0.480 e. The topological polar surface area (TPSA) is 49.3 Å². The maximum Gasteiger partial charge on any atom is 0.324 e. The summed E-state index contributed by atoms with van der Waals surface area (Å²) in [7, 11) is 0. The molecule has 50 valence electrons. The summed E-state index contributed by atoms with van der Waals surface area (Å²) in [6.45, 7) is 0. The van der Waals surface area contributed by atoms with Gasteiger partial charge >= 0.3 is 5.97 Å². The number of fused-ring (bicyclic) bond motifs is 1. The van der Waals surface area contributed by atoms with Crippen LogP contribution in [-0.2, 0) is 4.79 Å². The zero-order valence-corrected chi connectivity index (χ0v) is 5.57. The van der Waals surface area contributed by atoms with Crippen LogP contribution in [0.4, 0.5) is 0 Å². The molecule has 0 aromatic carbocycles. The van der Waals surface area contributed by atoms with Gasteiger partial charge in [-0.2, -0.15) is 0 Å². The smallest absolute Gasteiger partial charge is 0.324 e. The lowest BCUT2D eigenvalue weighted by molar-refractivity contribution is -0.146. The summed E-state index contributed by atoms with van der Waals surface area (Å²) in [6.07, 6.45) is 0.812. The van der Waals surface area contributed by atoms with Crippen LogP contribution < -0.4 is 5.32 Å². The molecule has 0 spiro atoms. The summed E-state index contributed by atoms with van der Waals surface area (Å²) in [4.78, 5) is 10.5. The molecule has 3 fully saturated rings. The summed E-state index contributed by atoms with van der Waals surface area (Å²) in [5.41, 5.74) is -0.532. The first kappa shape index (κ1) is 5.56. The molecule has 3 nitrogen and oxygen atoms in total. The Labute approximate surface area is 56.8 Å². The van der Waals surface area contributed by atoms with Gasteiger partial charge in [0.1, 0.15) is 5.54 Å². The highest BCUT2D eigenvalue weighted by molar-refractivity contribution is 8.00. The first-order chi connectivity index (χ1) is 4.23. The quantitative estimate of drug-likeness (QED) is 0.540. The molecule has 0 unspecified atom stereocenters. The molecule has 2 atom stereocenters. The van der Waals surface area contributed by atoms with Crippen LogP contribution in [0.15, 0.2) is 0 Å². The molecular weight excluding hydrogens is 138 g/mol. The molecular formula is C5H7NO2S. The summed E-state index contributed by atoms with van der Waals surface area (Å²) < 4.78 is 0. The second kappa shape index (κ2) is 1.44. The van der Waals surface area contributed by atoms with Gasteiger partial charge in [0, 0.05) is 12.2 Å². The van der Waals surface area contributed by atoms with Crippen LogP contribution in [0.25, 0.3) is 0 Å². The predicted octanol–water partition coefficient (Wildman–Crippen LogP) is -0.124. The molecule has 3 heterocycles. The minimum absolute atomic E-state index is 0.432. The van der Waals surface area contributed by atoms with Crippen molar-refractivity contribution in [2.24, 2.45) is 0 Å². The zero-order valence-electron chi connectivity index (χ0n) is 4.76. The lowest BCUT2D eigenvalue weighted by Crippen LogP contribution is -2.62. The number of carbonyl (C=O) groups is 1. The third-order valence-electron chi connectivity index (χ3n) is 1.91. The maximum absolute atomic E-state index is 10.5. The van der Waals surface area contributed by atoms with E-state index in [1.165, 1.54) is 0 Å². The maximum atomic E-state index is 10.5. The number of carboxylic acids is 1. The van der Waals surface area contributed by atoms with Gasteiger partial charge in [-0.1, -0.05) is 0 Å². The number of carboxylic acid groups (broad SMARTS) is 1. The molecule has 0 aromatic rings. The first-order valence-electron chi connectivity index (χ1n) is 2.86. The molecule has 9 heavy (non-hydrogen) atoms. The van der Waals surface area contributed by atoms with E-state index in [1.54, 1.807) is 11.8 Å². The van der Waals surface area contributed by atoms with E-state index in [0.717, 1.165) is 12.2 Å². The SMILES string of the molecule is O=C(O)[C@]12CS[C@H](C1)N2. The Balaban J connectivity index is 2.19. The Kier molecular flexibility index (Phi) is 0.887. The molecule has 2 N–H and O–H groups in total. The number of hydrogen-bond donors (Lipinski definition) is 2. The number of hydrogen-bond acceptors (Lipinski definition) is 3. The van der Waals surface area contributed by atoms with Gasteiger partial charge in [0.2, 0.25) is 0 Å². The second-order valence-corrected chi connectivity index (χ2v) is 3.73. The summed E-state index contributed by atoms with van der Waals surface area (Å²) in [5, 5.41) is 12.1. The van der Waals surface area contributed by atoms with Crippen LogP contribution in [0.2, 0.25) is 0 Å². The fourth-order valence-electron chi connectivity index (χ4n) is 1.26. The summed E-state index contributed by atoms with van der Waals surface area (Å²) in [5.74, 6) is 0.0521. The zero-order chi connectivity index (χ0) is 6.48. The third-order valence-corrected chi connectivity index (χ3v) is 3.26. The van der Waals surface area contributed by atoms with Crippen molar-refractivity contribution < 1.29 is 9.90 Å². The summed E-state index contributed by atoms with van der Waals surface area (Å²) in [6, 6.07) is 0. The highest BCUT2D eigenvalue weighted by atomic mass is 32.2. The van der Waals surface area contributed by atoms with Gasteiger partial charge in [-0.3, -0.25) is 10.1 Å². The standard InChI is InChI=1S/C5H7NO2S/c7-4(8)5-1-3(6-5)9-2-5/h3,6H,1-2H2,(H,7,8)/t3-,5-/m1/s1. The molecule has 0 amide bonds. The van der Waals surface area contributed by atoms with Crippen molar-refractivity contribution in [3.8, 4) is 0 Å². The van der Waals surface area contributed by atoms with Gasteiger partial charge in [-0.05, 0) is 0 Å². The molecule has 0 aliphatic carbocycles. The first-order valence-corrected chi connectivity index (χ1v) is 3.90. The molecule has 3 rings (SSSR count). The van der Waals surface area contributed by atoms with E-state index in [9.17, 15) is 4.79 Å². The van der Waals surface area contributed by atoms with Crippen molar-refractivity contribution in [2.75, 3.05) is 5.75 Å². The Morgan fingerprint density at radius 2 is 2.56 bits per heavy atom. The van der Waals surface area contributed by atoms with E-state index in [4.69, 9.17) is 5.11 Å². The lowest BCUT2D eigenvalue weighted by atomic mass is 9.91. The van der Waals surface area contributed by atoms with Crippen LogP contribution in [0.3, 0.4) is 0 Å². The van der Waals surface area contributed by atoms with Crippen LogP contribution in [0.5, 0.6) is 0 Å². The van der Waals surface area contributed by atoms with Gasteiger partial charge < -0.3 is 5.11 Å². The average molecular weight is 145 g/mol. The highest BCUT2D eigenvalue weighted by Gasteiger charge is 2.56. The van der Waals surface area contributed by atoms with Crippen LogP contribution in [0.1, 0.15) is 6.42 Å². The van der Waals surface area contributed by atoms with Crippen molar-refractivity contribution in [3.05, 3.63) is 0 Å². The van der Waals surface area contributed by atoms with Gasteiger partial charge in [0.25, 0.3) is 0 Å². The minimum atomic E-state index is -0.691. The van der Waals surface area contributed by atoms with Gasteiger partial charge in [-0.15, -0.1) is 11.8 Å². The van der Waals surface area contributed by atoms with E-state index in [1.807, 2.05) is 0 Å². The van der Waals surface area contributed by atoms with Gasteiger partial charge in [-0.25, -0.2) is 0 Å². The third kappa shape index (κ3) is 0.548. The van der Waals surface area contributed by atoms with Gasteiger partial charge in [0.05, 0.1) is 5.37 Å². The van der Waals surface area contributed by atoms with Crippen molar-refractivity contribution in [1.82, 2.24) is 5.32 Å². The van der Waals surface area contributed by atoms with Crippen molar-refractivity contribution in [1.29, 1.82) is 0 Å². The number of thioether (sulfide) groups is 1. The number of nitrogens with one attached hydrogen (secondary N) is 1. The fourth-order valence-corrected chi connectivity index (χ4v) is 2.78. The van der Waals surface area contributed by atoms with Crippen molar-refractivity contribution >= 4 is 17.7 Å². The molecule has 3 aliphatic heterocycles. The Morgan fingerprint density at radius 1 is 1.89 bits per heavy atom. The normalized spacial score (nSPS) is 46.4. The predicted molar refractivity (Wildman–Crippen MR) is 34.4 cm³/mol. The van der Waals surface area contributed by atoms with Crippen molar-refractivity contribution in [3.63, 3.8) is 0 Å². The Bertz CT molecular complexity index is 159. The van der Waals surface area contributed by atoms with E-state index in [2.05, 4.69) is 5.32 Å². The number of aliphatic carboxylic acids is 1. The van der Waals surface area contributed by atoms with E-state index in [0.29, 0.717) is 5.37 Å². The van der Waals surface area contributed by atoms with Crippen LogP contribution >= 0.6 is 11.8 Å².